The van der Waals surface area contributed by atoms with Crippen LogP contribution >= 0.6 is 0 Å². The second kappa shape index (κ2) is 7.23. The molecule has 0 aliphatic heterocycles. The molecule has 0 aliphatic carbocycles. The number of halogens is 4. The maximum absolute atomic E-state index is 13.2. The van der Waals surface area contributed by atoms with Crippen molar-refractivity contribution in [2.75, 3.05) is 4.72 Å². The van der Waals surface area contributed by atoms with E-state index in [1.165, 1.54) is 24.4 Å². The number of sulfonamides is 1. The summed E-state index contributed by atoms with van der Waals surface area (Å²) in [4.78, 5) is 3.70. The molecule has 0 fully saturated rings. The lowest BCUT2D eigenvalue weighted by Crippen LogP contribution is -2.14. The quantitative estimate of drug-likeness (QED) is 0.615. The largest absolute Gasteiger partial charge is 0.416 e. The van der Waals surface area contributed by atoms with Crippen molar-refractivity contribution in [3.05, 3.63) is 77.7 Å². The molecule has 0 saturated heterocycles. The minimum absolute atomic E-state index is 0.00316. The normalized spacial score (nSPS) is 12.0. The zero-order valence-corrected chi connectivity index (χ0v) is 15.3. The number of hydrogen-bond donors (Lipinski definition) is 1. The van der Waals surface area contributed by atoms with Gasteiger partial charge < -0.3 is 0 Å². The SMILES string of the molecule is Cc1cc(F)ccc1-c1ccc(NS(=O)(=O)c2ccc(C(F)(F)F)cc2)nc1. The molecule has 0 radical (unpaired) electrons. The van der Waals surface area contributed by atoms with Gasteiger partial charge in [0.05, 0.1) is 10.5 Å². The fourth-order valence-corrected chi connectivity index (χ4v) is 3.59. The standard InChI is InChI=1S/C19H14F4N2O2S/c1-12-10-15(20)5-8-17(12)13-2-9-18(24-11-13)25-28(26,27)16-6-3-14(4-7-16)19(21,22)23/h2-11H,1H3,(H,24,25). The fourth-order valence-electron chi connectivity index (χ4n) is 2.58. The van der Waals surface area contributed by atoms with Gasteiger partial charge in [-0.2, -0.15) is 13.2 Å². The van der Waals surface area contributed by atoms with Crippen LogP contribution < -0.4 is 4.72 Å². The van der Waals surface area contributed by atoms with Gasteiger partial charge in [0.25, 0.3) is 10.0 Å². The minimum Gasteiger partial charge on any atom is -0.263 e. The van der Waals surface area contributed by atoms with E-state index in [9.17, 15) is 26.0 Å². The molecule has 3 rings (SSSR count). The van der Waals surface area contributed by atoms with E-state index in [4.69, 9.17) is 0 Å². The van der Waals surface area contributed by atoms with Crippen LogP contribution in [0.5, 0.6) is 0 Å². The van der Waals surface area contributed by atoms with Crippen molar-refractivity contribution < 1.29 is 26.0 Å². The first-order valence-corrected chi connectivity index (χ1v) is 9.47. The molecule has 9 heteroatoms. The van der Waals surface area contributed by atoms with Gasteiger partial charge >= 0.3 is 6.18 Å². The smallest absolute Gasteiger partial charge is 0.263 e. The fraction of sp³-hybridized carbons (Fsp3) is 0.105. The highest BCUT2D eigenvalue weighted by Crippen LogP contribution is 2.30. The molecule has 1 N–H and O–H groups in total. The van der Waals surface area contributed by atoms with Crippen LogP contribution in [0.3, 0.4) is 0 Å². The van der Waals surface area contributed by atoms with Crippen molar-refractivity contribution in [2.45, 2.75) is 18.0 Å². The molecule has 0 spiro atoms. The number of rotatable bonds is 4. The van der Waals surface area contributed by atoms with Gasteiger partial charge in [-0.1, -0.05) is 6.07 Å². The zero-order chi connectivity index (χ0) is 20.5. The van der Waals surface area contributed by atoms with Crippen LogP contribution in [0.1, 0.15) is 11.1 Å². The third kappa shape index (κ3) is 4.30. The summed E-state index contributed by atoms with van der Waals surface area (Å²) >= 11 is 0. The van der Waals surface area contributed by atoms with Crippen LogP contribution in [0, 0.1) is 12.7 Å². The Bertz CT molecular complexity index is 1090. The van der Waals surface area contributed by atoms with Gasteiger partial charge in [0.2, 0.25) is 0 Å². The van der Waals surface area contributed by atoms with E-state index in [2.05, 4.69) is 9.71 Å². The predicted octanol–water partition coefficient (Wildman–Crippen LogP) is 5.02. The first kappa shape index (κ1) is 19.8. The Morgan fingerprint density at radius 2 is 1.64 bits per heavy atom. The van der Waals surface area contributed by atoms with Crippen LogP contribution in [-0.4, -0.2) is 13.4 Å². The molecule has 2 aromatic carbocycles. The molecule has 1 heterocycles. The van der Waals surface area contributed by atoms with E-state index < -0.39 is 21.8 Å². The summed E-state index contributed by atoms with van der Waals surface area (Å²) in [7, 11) is -4.10. The lowest BCUT2D eigenvalue weighted by molar-refractivity contribution is -0.137. The Kier molecular flexibility index (Phi) is 5.12. The van der Waals surface area contributed by atoms with Crippen LogP contribution in [0.2, 0.25) is 0 Å². The average Bonchev–Trinajstić information content (AvgIpc) is 2.62. The van der Waals surface area contributed by atoms with Crippen LogP contribution in [0.4, 0.5) is 23.4 Å². The number of alkyl halides is 3. The highest BCUT2D eigenvalue weighted by atomic mass is 32.2. The number of aromatic nitrogens is 1. The van der Waals surface area contributed by atoms with Crippen molar-refractivity contribution in [3.8, 4) is 11.1 Å². The maximum Gasteiger partial charge on any atom is 0.416 e. The lowest BCUT2D eigenvalue weighted by Gasteiger charge is -2.11. The molecule has 4 nitrogen and oxygen atoms in total. The van der Waals surface area contributed by atoms with Crippen molar-refractivity contribution >= 4 is 15.8 Å². The molecular weight excluding hydrogens is 396 g/mol. The molecular formula is C19H14F4N2O2S. The van der Waals surface area contributed by atoms with Gasteiger partial charge in [-0.25, -0.2) is 17.8 Å². The summed E-state index contributed by atoms with van der Waals surface area (Å²) < 4.78 is 77.9. The van der Waals surface area contributed by atoms with Crippen LogP contribution in [-0.2, 0) is 16.2 Å². The third-order valence-electron chi connectivity index (χ3n) is 3.99. The van der Waals surface area contributed by atoms with Crippen molar-refractivity contribution in [2.24, 2.45) is 0 Å². The topological polar surface area (TPSA) is 59.1 Å². The second-order valence-corrected chi connectivity index (χ2v) is 7.70. The van der Waals surface area contributed by atoms with Gasteiger partial charge in [0.15, 0.2) is 0 Å². The zero-order valence-electron chi connectivity index (χ0n) is 14.5. The number of hydrogen-bond acceptors (Lipinski definition) is 3. The third-order valence-corrected chi connectivity index (χ3v) is 5.36. The Hall–Kier alpha value is -2.94. The summed E-state index contributed by atoms with van der Waals surface area (Å²) in [6.07, 6.45) is -3.13. The van der Waals surface area contributed by atoms with E-state index in [1.807, 2.05) is 0 Å². The number of nitrogens with zero attached hydrogens (tertiary/aromatic N) is 1. The average molecular weight is 410 g/mol. The molecule has 0 unspecified atom stereocenters. The van der Waals surface area contributed by atoms with E-state index in [1.54, 1.807) is 19.1 Å². The summed E-state index contributed by atoms with van der Waals surface area (Å²) in [6.45, 7) is 1.74. The Morgan fingerprint density at radius 1 is 0.964 bits per heavy atom. The molecule has 0 saturated carbocycles. The molecule has 146 valence electrons. The van der Waals surface area contributed by atoms with Gasteiger partial charge in [0, 0.05) is 11.8 Å². The van der Waals surface area contributed by atoms with Crippen LogP contribution in [0.15, 0.2) is 65.7 Å². The summed E-state index contributed by atoms with van der Waals surface area (Å²) in [5.74, 6) is -0.362. The number of benzene rings is 2. The minimum atomic E-state index is -4.55. The molecule has 0 aliphatic rings. The molecule has 28 heavy (non-hydrogen) atoms. The van der Waals surface area contributed by atoms with E-state index in [-0.39, 0.29) is 16.5 Å². The monoisotopic (exact) mass is 410 g/mol. The number of pyridine rings is 1. The maximum atomic E-state index is 13.2. The van der Waals surface area contributed by atoms with E-state index in [0.717, 1.165) is 17.7 Å². The van der Waals surface area contributed by atoms with Crippen molar-refractivity contribution in [1.29, 1.82) is 0 Å². The van der Waals surface area contributed by atoms with Gasteiger partial charge in [-0.3, -0.25) is 4.72 Å². The summed E-state index contributed by atoms with van der Waals surface area (Å²) in [6, 6.07) is 10.4. The first-order chi connectivity index (χ1) is 13.1. The van der Waals surface area contributed by atoms with Crippen molar-refractivity contribution in [1.82, 2.24) is 4.98 Å². The number of nitrogens with one attached hydrogen (secondary N) is 1. The van der Waals surface area contributed by atoms with Crippen LogP contribution in [0.25, 0.3) is 11.1 Å². The molecule has 0 atom stereocenters. The predicted molar refractivity (Wildman–Crippen MR) is 96.6 cm³/mol. The highest BCUT2D eigenvalue weighted by molar-refractivity contribution is 7.92. The van der Waals surface area contributed by atoms with Gasteiger partial charge in [-0.05, 0) is 66.6 Å². The van der Waals surface area contributed by atoms with E-state index in [0.29, 0.717) is 23.3 Å². The lowest BCUT2D eigenvalue weighted by atomic mass is 10.0. The Labute approximate surface area is 158 Å². The number of aryl methyl sites for hydroxylation is 1. The van der Waals surface area contributed by atoms with Gasteiger partial charge in [0.1, 0.15) is 11.6 Å². The van der Waals surface area contributed by atoms with E-state index >= 15 is 0 Å². The van der Waals surface area contributed by atoms with Gasteiger partial charge in [-0.15, -0.1) is 0 Å². The molecule has 1 aromatic heterocycles. The highest BCUT2D eigenvalue weighted by Gasteiger charge is 2.30. The first-order valence-electron chi connectivity index (χ1n) is 7.99. The second-order valence-electron chi connectivity index (χ2n) is 6.02. The Morgan fingerprint density at radius 3 is 2.18 bits per heavy atom. The van der Waals surface area contributed by atoms with Crippen molar-refractivity contribution in [3.63, 3.8) is 0 Å². The number of anilines is 1. The summed E-state index contributed by atoms with van der Waals surface area (Å²) in [5.41, 5.74) is 1.16. The Balaban J connectivity index is 1.81. The summed E-state index contributed by atoms with van der Waals surface area (Å²) in [5, 5.41) is 0. The molecule has 3 aromatic rings. The molecule has 0 bridgehead atoms. The molecule has 0 amide bonds.